The molecule has 6 heteroatoms. The summed E-state index contributed by atoms with van der Waals surface area (Å²) in [7, 11) is 0. The molecule has 0 saturated heterocycles. The molecule has 0 radical (unpaired) electrons. The Kier molecular flexibility index (Phi) is 4.66. The third-order valence-corrected chi connectivity index (χ3v) is 5.74. The van der Waals surface area contributed by atoms with Gasteiger partial charge in [0.25, 0.3) is 5.91 Å². The second kappa shape index (κ2) is 7.09. The topological polar surface area (TPSA) is 51.2 Å². The minimum absolute atomic E-state index is 0.0761. The molecule has 2 aromatic heterocycles. The van der Waals surface area contributed by atoms with Crippen LogP contribution in [-0.4, -0.2) is 23.5 Å². The molecule has 4 nitrogen and oxygen atoms in total. The molecule has 0 bridgehead atoms. The minimum atomic E-state index is -0.158. The van der Waals surface area contributed by atoms with Gasteiger partial charge in [-0.25, -0.2) is 0 Å². The fourth-order valence-electron chi connectivity index (χ4n) is 3.11. The number of amides is 1. The lowest BCUT2D eigenvalue weighted by Crippen LogP contribution is -2.34. The van der Waals surface area contributed by atoms with Gasteiger partial charge in [0, 0.05) is 18.2 Å². The Balaban J connectivity index is 1.44. The molecule has 1 N–H and O–H groups in total. The lowest BCUT2D eigenvalue weighted by molar-refractivity contribution is 0.0937. The smallest absolute Gasteiger partial charge is 0.263 e. The molecule has 1 aromatic carbocycles. The number of halogens is 1. The van der Waals surface area contributed by atoms with Gasteiger partial charge in [-0.3, -0.25) is 9.78 Å². The molecule has 132 valence electrons. The lowest BCUT2D eigenvalue weighted by Gasteiger charge is -2.11. The highest BCUT2D eigenvalue weighted by Crippen LogP contribution is 2.33. The van der Waals surface area contributed by atoms with Crippen molar-refractivity contribution in [2.75, 3.05) is 6.54 Å². The molecule has 1 amide bonds. The van der Waals surface area contributed by atoms with Crippen molar-refractivity contribution in [1.29, 1.82) is 0 Å². The van der Waals surface area contributed by atoms with E-state index in [0.717, 1.165) is 34.6 Å². The summed E-state index contributed by atoms with van der Waals surface area (Å²) < 4.78 is 5.96. The molecule has 3 heterocycles. The second-order valence-corrected chi connectivity index (χ2v) is 7.57. The predicted octanol–water partition coefficient (Wildman–Crippen LogP) is 4.51. The molecule has 1 aliphatic heterocycles. The molecule has 1 atom stereocenters. The molecule has 26 heavy (non-hydrogen) atoms. The van der Waals surface area contributed by atoms with Crippen molar-refractivity contribution < 1.29 is 9.53 Å². The van der Waals surface area contributed by atoms with Crippen molar-refractivity contribution in [2.24, 2.45) is 0 Å². The maximum atomic E-state index is 12.2. The van der Waals surface area contributed by atoms with E-state index in [1.54, 1.807) is 17.6 Å². The van der Waals surface area contributed by atoms with Crippen molar-refractivity contribution in [1.82, 2.24) is 10.3 Å². The van der Waals surface area contributed by atoms with Crippen molar-refractivity contribution in [3.63, 3.8) is 0 Å². The Morgan fingerprint density at radius 1 is 1.38 bits per heavy atom. The minimum Gasteiger partial charge on any atom is -0.488 e. The molecule has 4 rings (SSSR count). The largest absolute Gasteiger partial charge is 0.488 e. The molecule has 0 unspecified atom stereocenters. The monoisotopic (exact) mass is 384 g/mol. The number of nitrogens with zero attached hydrogens (tertiary/aromatic N) is 1. The number of carbonyl (C=O) groups is 1. The van der Waals surface area contributed by atoms with Crippen molar-refractivity contribution in [3.8, 4) is 17.0 Å². The summed E-state index contributed by atoms with van der Waals surface area (Å²) in [4.78, 5) is 17.2. The molecular weight excluding hydrogens is 368 g/mol. The maximum absolute atomic E-state index is 12.2. The van der Waals surface area contributed by atoms with E-state index in [1.165, 1.54) is 11.3 Å². The number of fused-ring (bicyclic) bond motifs is 1. The third-order valence-electron chi connectivity index (χ3n) is 4.40. The van der Waals surface area contributed by atoms with Gasteiger partial charge in [-0.15, -0.1) is 11.3 Å². The van der Waals surface area contributed by atoms with Gasteiger partial charge >= 0.3 is 0 Å². The summed E-state index contributed by atoms with van der Waals surface area (Å²) in [5, 5.41) is 5.20. The zero-order chi connectivity index (χ0) is 18.1. The molecule has 0 fully saturated rings. The number of pyridine rings is 1. The molecule has 0 saturated carbocycles. The third kappa shape index (κ3) is 3.32. The average molecular weight is 385 g/mol. The van der Waals surface area contributed by atoms with Gasteiger partial charge in [-0.05, 0) is 53.8 Å². The summed E-state index contributed by atoms with van der Waals surface area (Å²) in [6.45, 7) is 2.50. The predicted molar refractivity (Wildman–Crippen MR) is 104 cm³/mol. The zero-order valence-corrected chi connectivity index (χ0v) is 15.7. The van der Waals surface area contributed by atoms with Crippen LogP contribution in [0.5, 0.6) is 5.75 Å². The normalized spacial score (nSPS) is 15.4. The van der Waals surface area contributed by atoms with Gasteiger partial charge in [0.2, 0.25) is 0 Å². The number of aromatic nitrogens is 1. The SMILES string of the molecule is Cc1cccnc1-c1ccc2c(c1)C[C@@H](CNC(=O)c1sccc1Cl)O2. The van der Waals surface area contributed by atoms with Crippen LogP contribution in [0.2, 0.25) is 5.02 Å². The number of rotatable bonds is 4. The first-order valence-corrected chi connectivity index (χ1v) is 9.60. The Hall–Kier alpha value is -2.37. The van der Waals surface area contributed by atoms with E-state index < -0.39 is 0 Å². The van der Waals surface area contributed by atoms with Crippen LogP contribution in [-0.2, 0) is 6.42 Å². The first-order valence-electron chi connectivity index (χ1n) is 8.34. The van der Waals surface area contributed by atoms with E-state index in [2.05, 4.69) is 29.4 Å². The van der Waals surface area contributed by atoms with Gasteiger partial charge < -0.3 is 10.1 Å². The van der Waals surface area contributed by atoms with Crippen LogP contribution < -0.4 is 10.1 Å². The molecule has 3 aromatic rings. The van der Waals surface area contributed by atoms with Crippen LogP contribution in [0.25, 0.3) is 11.3 Å². The first-order chi connectivity index (χ1) is 12.6. The Bertz CT molecular complexity index is 970. The van der Waals surface area contributed by atoms with Crippen LogP contribution in [0.1, 0.15) is 20.8 Å². The van der Waals surface area contributed by atoms with Crippen molar-refractivity contribution in [2.45, 2.75) is 19.4 Å². The summed E-state index contributed by atoms with van der Waals surface area (Å²) in [6.07, 6.45) is 2.49. The number of carbonyl (C=O) groups excluding carboxylic acids is 1. The molecule has 1 aliphatic rings. The number of benzene rings is 1. The van der Waals surface area contributed by atoms with Crippen LogP contribution in [0.3, 0.4) is 0 Å². The maximum Gasteiger partial charge on any atom is 0.263 e. The standard InChI is InChI=1S/C20H17ClN2O2S/c1-12-3-2-7-22-18(12)13-4-5-17-14(9-13)10-15(25-17)11-23-20(24)19-16(21)6-8-26-19/h2-9,15H,10-11H2,1H3,(H,23,24)/t15-/m0/s1. The van der Waals surface area contributed by atoms with E-state index in [0.29, 0.717) is 16.4 Å². The van der Waals surface area contributed by atoms with Crippen LogP contribution in [0.4, 0.5) is 0 Å². The first kappa shape index (κ1) is 17.1. The van der Waals surface area contributed by atoms with Gasteiger partial charge in [0.05, 0.1) is 17.3 Å². The Morgan fingerprint density at radius 3 is 3.04 bits per heavy atom. The fourth-order valence-corrected chi connectivity index (χ4v) is 4.17. The van der Waals surface area contributed by atoms with Gasteiger partial charge in [0.15, 0.2) is 0 Å². The highest BCUT2D eigenvalue weighted by Gasteiger charge is 2.24. The van der Waals surface area contributed by atoms with Gasteiger partial charge in [-0.2, -0.15) is 0 Å². The number of nitrogens with one attached hydrogen (secondary N) is 1. The number of hydrogen-bond donors (Lipinski definition) is 1. The van der Waals surface area contributed by atoms with Gasteiger partial charge in [0.1, 0.15) is 16.7 Å². The number of thiophene rings is 1. The fraction of sp³-hybridized carbons (Fsp3) is 0.200. The van der Waals surface area contributed by atoms with Crippen molar-refractivity contribution in [3.05, 3.63) is 69.0 Å². The van der Waals surface area contributed by atoms with E-state index >= 15 is 0 Å². The molecule has 0 aliphatic carbocycles. The summed E-state index contributed by atoms with van der Waals surface area (Å²) in [6, 6.07) is 11.9. The lowest BCUT2D eigenvalue weighted by atomic mass is 10.0. The van der Waals surface area contributed by atoms with Crippen molar-refractivity contribution >= 4 is 28.8 Å². The Labute approximate surface area is 160 Å². The Morgan fingerprint density at radius 2 is 2.27 bits per heavy atom. The molecular formula is C20H17ClN2O2S. The van der Waals surface area contributed by atoms with E-state index in [1.807, 2.05) is 18.2 Å². The van der Waals surface area contributed by atoms with E-state index in [-0.39, 0.29) is 12.0 Å². The van der Waals surface area contributed by atoms with E-state index in [9.17, 15) is 4.79 Å². The van der Waals surface area contributed by atoms with Crippen LogP contribution in [0.15, 0.2) is 48.0 Å². The highest BCUT2D eigenvalue weighted by molar-refractivity contribution is 7.12. The highest BCUT2D eigenvalue weighted by atomic mass is 35.5. The second-order valence-electron chi connectivity index (χ2n) is 6.24. The number of ether oxygens (including phenoxy) is 1. The van der Waals surface area contributed by atoms with Gasteiger partial charge in [-0.1, -0.05) is 17.7 Å². The van der Waals surface area contributed by atoms with E-state index in [4.69, 9.17) is 16.3 Å². The summed E-state index contributed by atoms with van der Waals surface area (Å²) in [5.41, 5.74) is 4.35. The van der Waals surface area contributed by atoms with Crippen LogP contribution >= 0.6 is 22.9 Å². The van der Waals surface area contributed by atoms with Crippen LogP contribution in [0, 0.1) is 6.92 Å². The average Bonchev–Trinajstić information content (AvgIpc) is 3.25. The summed E-state index contributed by atoms with van der Waals surface area (Å²) >= 11 is 7.34. The zero-order valence-electron chi connectivity index (χ0n) is 14.2. The quantitative estimate of drug-likeness (QED) is 0.720. The number of aryl methyl sites for hydroxylation is 1. The summed E-state index contributed by atoms with van der Waals surface area (Å²) in [5.74, 6) is 0.713. The molecule has 0 spiro atoms. The number of hydrogen-bond acceptors (Lipinski definition) is 4.